The molecule has 0 fully saturated rings. The van der Waals surface area contributed by atoms with Crippen molar-refractivity contribution >= 4 is 27.7 Å². The highest BCUT2D eigenvalue weighted by Crippen LogP contribution is 2.37. The topological polar surface area (TPSA) is 65.0 Å². The molecule has 0 radical (unpaired) electrons. The highest BCUT2D eigenvalue weighted by molar-refractivity contribution is 5.96. The van der Waals surface area contributed by atoms with Gasteiger partial charge >= 0.3 is 6.16 Å². The first kappa shape index (κ1) is 24.6. The first-order valence-electron chi connectivity index (χ1n) is 11.9. The van der Waals surface area contributed by atoms with Crippen LogP contribution in [0.3, 0.4) is 0 Å². The molecule has 0 saturated heterocycles. The molecule has 36 heavy (non-hydrogen) atoms. The van der Waals surface area contributed by atoms with Crippen LogP contribution < -0.4 is 14.2 Å². The van der Waals surface area contributed by atoms with Crippen molar-refractivity contribution in [1.29, 1.82) is 0 Å². The van der Waals surface area contributed by atoms with E-state index in [0.29, 0.717) is 19.0 Å². The van der Waals surface area contributed by atoms with Crippen LogP contribution in [0.1, 0.15) is 13.8 Å². The first-order valence-corrected chi connectivity index (χ1v) is 11.9. The molecule has 0 aliphatic rings. The van der Waals surface area contributed by atoms with Gasteiger partial charge in [0.25, 0.3) is 0 Å². The number of carbonyl (C=O) groups is 1. The fourth-order valence-corrected chi connectivity index (χ4v) is 4.09. The Kier molecular flexibility index (Phi) is 8.04. The minimum Gasteiger partial charge on any atom is -0.493 e. The Labute approximate surface area is 210 Å². The predicted octanol–water partition coefficient (Wildman–Crippen LogP) is 8.20. The Balaban J connectivity index is 0.000000174. The maximum absolute atomic E-state index is 11.0. The molecule has 0 spiro atoms. The molecule has 0 heterocycles. The van der Waals surface area contributed by atoms with E-state index in [1.165, 1.54) is 0 Å². The lowest BCUT2D eigenvalue weighted by molar-refractivity contribution is 0.145. The van der Waals surface area contributed by atoms with Crippen molar-refractivity contribution in [2.24, 2.45) is 0 Å². The summed E-state index contributed by atoms with van der Waals surface area (Å²) in [5.41, 5.74) is 1.70. The van der Waals surface area contributed by atoms with Crippen LogP contribution in [0, 0.1) is 0 Å². The van der Waals surface area contributed by atoms with Crippen molar-refractivity contribution in [2.45, 2.75) is 13.8 Å². The number of carboxylic acid groups (broad SMARTS) is 1. The maximum Gasteiger partial charge on any atom is 0.511 e. The van der Waals surface area contributed by atoms with Gasteiger partial charge in [-0.15, -0.1) is 0 Å². The van der Waals surface area contributed by atoms with Gasteiger partial charge in [-0.25, -0.2) is 4.79 Å². The van der Waals surface area contributed by atoms with Gasteiger partial charge in [-0.3, -0.25) is 0 Å². The second-order valence-corrected chi connectivity index (χ2v) is 7.87. The summed E-state index contributed by atoms with van der Waals surface area (Å²) >= 11 is 0. The lowest BCUT2D eigenvalue weighted by Crippen LogP contribution is -2.04. The van der Waals surface area contributed by atoms with Crippen molar-refractivity contribution in [2.75, 3.05) is 13.2 Å². The number of hydrogen-bond acceptors (Lipinski definition) is 4. The zero-order chi connectivity index (χ0) is 25.3. The maximum atomic E-state index is 11.0. The normalized spacial score (nSPS) is 10.4. The molecular formula is C31H28O5. The molecule has 5 rings (SSSR count). The molecule has 0 aliphatic heterocycles. The zero-order valence-corrected chi connectivity index (χ0v) is 20.3. The van der Waals surface area contributed by atoms with E-state index in [2.05, 4.69) is 12.1 Å². The third kappa shape index (κ3) is 5.58. The summed E-state index contributed by atoms with van der Waals surface area (Å²) in [5.74, 6) is 2.21. The fraction of sp³-hybridized carbons (Fsp3) is 0.129. The van der Waals surface area contributed by atoms with Crippen molar-refractivity contribution < 1.29 is 24.1 Å². The van der Waals surface area contributed by atoms with Crippen LogP contribution in [-0.2, 0) is 0 Å². The van der Waals surface area contributed by atoms with Crippen LogP contribution in [0.25, 0.3) is 32.7 Å². The van der Waals surface area contributed by atoms with Gasteiger partial charge < -0.3 is 19.3 Å². The number of hydrogen-bond donors (Lipinski definition) is 1. The Morgan fingerprint density at radius 2 is 1.17 bits per heavy atom. The van der Waals surface area contributed by atoms with E-state index in [-0.39, 0.29) is 0 Å². The average Bonchev–Trinajstić information content (AvgIpc) is 2.91. The SMILES string of the molecule is CCOc1ccc(OCC)c2ccccc12.O=C(O)Oc1c(-c2ccccc2)ccc2ccccc12. The first-order chi connectivity index (χ1) is 17.6. The molecule has 5 heteroatoms. The number of ether oxygens (including phenoxy) is 3. The molecule has 0 saturated carbocycles. The summed E-state index contributed by atoms with van der Waals surface area (Å²) in [6, 6.07) is 33.1. The van der Waals surface area contributed by atoms with E-state index in [0.717, 1.165) is 44.2 Å². The van der Waals surface area contributed by atoms with Gasteiger partial charge in [0.2, 0.25) is 0 Å². The molecule has 5 nitrogen and oxygen atoms in total. The van der Waals surface area contributed by atoms with Crippen molar-refractivity contribution in [3.8, 4) is 28.4 Å². The van der Waals surface area contributed by atoms with E-state index < -0.39 is 6.16 Å². The molecule has 0 aromatic heterocycles. The van der Waals surface area contributed by atoms with Crippen molar-refractivity contribution in [3.63, 3.8) is 0 Å². The van der Waals surface area contributed by atoms with Gasteiger partial charge in [-0.05, 0) is 43.0 Å². The van der Waals surface area contributed by atoms with E-state index in [1.54, 1.807) is 0 Å². The Hall–Kier alpha value is -4.51. The van der Waals surface area contributed by atoms with Crippen molar-refractivity contribution in [1.82, 2.24) is 0 Å². The third-order valence-electron chi connectivity index (χ3n) is 5.60. The molecule has 182 valence electrons. The van der Waals surface area contributed by atoms with E-state index >= 15 is 0 Å². The molecular weight excluding hydrogens is 452 g/mol. The van der Waals surface area contributed by atoms with Crippen LogP contribution >= 0.6 is 0 Å². The fourth-order valence-electron chi connectivity index (χ4n) is 4.09. The number of benzene rings is 5. The van der Waals surface area contributed by atoms with Gasteiger partial charge in [-0.1, -0.05) is 84.9 Å². The highest BCUT2D eigenvalue weighted by Gasteiger charge is 2.13. The monoisotopic (exact) mass is 480 g/mol. The molecule has 5 aromatic rings. The van der Waals surface area contributed by atoms with E-state index in [1.807, 2.05) is 105 Å². The molecule has 0 atom stereocenters. The second-order valence-electron chi connectivity index (χ2n) is 7.87. The lowest BCUT2D eigenvalue weighted by Gasteiger charge is -2.11. The summed E-state index contributed by atoms with van der Waals surface area (Å²) < 4.78 is 16.2. The van der Waals surface area contributed by atoms with Crippen LogP contribution in [0.15, 0.2) is 103 Å². The van der Waals surface area contributed by atoms with Gasteiger partial charge in [0.05, 0.1) is 13.2 Å². The molecule has 5 aromatic carbocycles. The highest BCUT2D eigenvalue weighted by atomic mass is 16.7. The average molecular weight is 481 g/mol. The van der Waals surface area contributed by atoms with E-state index in [9.17, 15) is 4.79 Å². The Morgan fingerprint density at radius 3 is 1.72 bits per heavy atom. The molecule has 1 N–H and O–H groups in total. The van der Waals surface area contributed by atoms with E-state index in [4.69, 9.17) is 19.3 Å². The summed E-state index contributed by atoms with van der Waals surface area (Å²) in [6.07, 6.45) is -1.31. The quantitative estimate of drug-likeness (QED) is 0.196. The van der Waals surface area contributed by atoms with Gasteiger partial charge in [-0.2, -0.15) is 0 Å². The number of rotatable bonds is 6. The minimum absolute atomic E-state index is 0.377. The number of fused-ring (bicyclic) bond motifs is 2. The zero-order valence-electron chi connectivity index (χ0n) is 20.3. The molecule has 0 bridgehead atoms. The van der Waals surface area contributed by atoms with Gasteiger partial charge in [0, 0.05) is 21.7 Å². The van der Waals surface area contributed by atoms with Crippen LogP contribution in [0.2, 0.25) is 0 Å². The summed E-state index contributed by atoms with van der Waals surface area (Å²) in [4.78, 5) is 11.0. The smallest absolute Gasteiger partial charge is 0.493 e. The Bertz CT molecular complexity index is 1420. The van der Waals surface area contributed by atoms with Gasteiger partial charge in [0.15, 0.2) is 0 Å². The Morgan fingerprint density at radius 1 is 0.639 bits per heavy atom. The standard InChI is InChI=1S/C17H12O3.C14H16O2/c18-17(19)20-16-14-9-5-4-8-13(14)10-11-15(16)12-6-2-1-3-7-12;1-3-15-13-9-10-14(16-4-2)12-8-6-5-7-11(12)13/h1-11H,(H,18,19);5-10H,3-4H2,1-2H3. The second kappa shape index (κ2) is 11.8. The summed E-state index contributed by atoms with van der Waals surface area (Å²) in [6.45, 7) is 5.34. The van der Waals surface area contributed by atoms with Crippen LogP contribution in [0.5, 0.6) is 17.2 Å². The summed E-state index contributed by atoms with van der Waals surface area (Å²) in [7, 11) is 0. The molecule has 0 amide bonds. The minimum atomic E-state index is -1.31. The predicted molar refractivity (Wildman–Crippen MR) is 144 cm³/mol. The van der Waals surface area contributed by atoms with Crippen LogP contribution in [-0.4, -0.2) is 24.5 Å². The molecule has 0 unspecified atom stereocenters. The summed E-state index contributed by atoms with van der Waals surface area (Å²) in [5, 5.41) is 12.9. The lowest BCUT2D eigenvalue weighted by atomic mass is 10.00. The van der Waals surface area contributed by atoms with Gasteiger partial charge in [0.1, 0.15) is 17.2 Å². The molecule has 0 aliphatic carbocycles. The third-order valence-corrected chi connectivity index (χ3v) is 5.60. The van der Waals surface area contributed by atoms with Crippen LogP contribution in [0.4, 0.5) is 4.79 Å². The van der Waals surface area contributed by atoms with Crippen molar-refractivity contribution in [3.05, 3.63) is 103 Å². The largest absolute Gasteiger partial charge is 0.511 e.